The molecule has 7 unspecified atom stereocenters. The third-order valence-corrected chi connectivity index (χ3v) is 8.74. The predicted molar refractivity (Wildman–Crippen MR) is 90.0 cm³/mol. The second-order valence-corrected chi connectivity index (χ2v) is 10.3. The number of aliphatic hydroxyl groups excluding tert-OH is 2. The zero-order chi connectivity index (χ0) is 16.7. The van der Waals surface area contributed by atoms with E-state index in [1.807, 2.05) is 0 Å². The number of rotatable bonds is 1. The van der Waals surface area contributed by atoms with Crippen LogP contribution in [0.25, 0.3) is 0 Å². The Kier molecular flexibility index (Phi) is 3.37. The van der Waals surface area contributed by atoms with Crippen molar-refractivity contribution in [3.63, 3.8) is 0 Å². The molecule has 4 rings (SSSR count). The molecule has 0 aromatic carbocycles. The van der Waals surface area contributed by atoms with Crippen molar-refractivity contribution in [3.8, 4) is 0 Å². The topological polar surface area (TPSA) is 49.7 Å². The molecular weight excluding hydrogens is 288 g/mol. The van der Waals surface area contributed by atoms with Gasteiger partial charge in [-0.1, -0.05) is 27.7 Å². The Balaban J connectivity index is 1.75. The van der Waals surface area contributed by atoms with E-state index >= 15 is 0 Å². The van der Waals surface area contributed by atoms with Crippen LogP contribution in [0, 0.1) is 28.1 Å². The first-order valence-electron chi connectivity index (χ1n) is 9.65. The summed E-state index contributed by atoms with van der Waals surface area (Å²) in [5, 5.41) is 20.9. The smallest absolute Gasteiger partial charge is 0.0867 e. The zero-order valence-corrected chi connectivity index (χ0v) is 15.3. The molecule has 1 saturated heterocycles. The molecule has 4 fully saturated rings. The van der Waals surface area contributed by atoms with Crippen molar-refractivity contribution < 1.29 is 14.9 Å². The number of hydrogen-bond donors (Lipinski definition) is 2. The lowest BCUT2D eigenvalue weighted by Gasteiger charge is -2.64. The first kappa shape index (κ1) is 16.4. The minimum atomic E-state index is -0.205. The van der Waals surface area contributed by atoms with E-state index in [1.54, 1.807) is 0 Å². The maximum Gasteiger partial charge on any atom is 0.0867 e. The summed E-state index contributed by atoms with van der Waals surface area (Å²) in [6.07, 6.45) is 7.45. The molecular formula is C20H34O3. The molecule has 1 heterocycles. The van der Waals surface area contributed by atoms with E-state index in [-0.39, 0.29) is 35.2 Å². The van der Waals surface area contributed by atoms with Gasteiger partial charge in [0.2, 0.25) is 0 Å². The molecule has 132 valence electrons. The van der Waals surface area contributed by atoms with E-state index in [4.69, 9.17) is 4.74 Å². The molecule has 3 heteroatoms. The van der Waals surface area contributed by atoms with Crippen molar-refractivity contribution in [1.29, 1.82) is 0 Å². The van der Waals surface area contributed by atoms with Gasteiger partial charge in [-0.15, -0.1) is 0 Å². The van der Waals surface area contributed by atoms with Crippen LogP contribution < -0.4 is 0 Å². The minimum Gasteiger partial charge on any atom is -0.394 e. The minimum absolute atomic E-state index is 0.0126. The van der Waals surface area contributed by atoms with Gasteiger partial charge in [-0.3, -0.25) is 0 Å². The molecule has 2 bridgehead atoms. The van der Waals surface area contributed by atoms with E-state index in [0.717, 1.165) is 44.9 Å². The summed E-state index contributed by atoms with van der Waals surface area (Å²) in [7, 11) is 0. The highest BCUT2D eigenvalue weighted by molar-refractivity contribution is 5.18. The summed E-state index contributed by atoms with van der Waals surface area (Å²) in [6, 6.07) is 0. The van der Waals surface area contributed by atoms with Crippen molar-refractivity contribution >= 4 is 0 Å². The Morgan fingerprint density at radius 1 is 0.957 bits per heavy atom. The fourth-order valence-corrected chi connectivity index (χ4v) is 7.55. The van der Waals surface area contributed by atoms with E-state index in [9.17, 15) is 10.2 Å². The van der Waals surface area contributed by atoms with Crippen molar-refractivity contribution in [1.82, 2.24) is 0 Å². The van der Waals surface area contributed by atoms with Crippen LogP contribution in [-0.4, -0.2) is 34.6 Å². The van der Waals surface area contributed by atoms with Gasteiger partial charge in [-0.05, 0) is 67.6 Å². The lowest BCUT2D eigenvalue weighted by atomic mass is 9.41. The standard InChI is InChI=1S/C20H34O3/c1-17(2)8-7-15(22)19(4)13(17)6-10-20-12-18(3,9-5-14(19)20)16(11-21)23-20/h13-16,21-22H,5-12H2,1-4H3. The highest BCUT2D eigenvalue weighted by Gasteiger charge is 2.69. The van der Waals surface area contributed by atoms with Crippen LogP contribution in [0.1, 0.15) is 72.6 Å². The van der Waals surface area contributed by atoms with E-state index < -0.39 is 0 Å². The van der Waals surface area contributed by atoms with Crippen LogP contribution >= 0.6 is 0 Å². The lowest BCUT2D eigenvalue weighted by Crippen LogP contribution is -2.64. The third kappa shape index (κ3) is 1.93. The largest absolute Gasteiger partial charge is 0.394 e. The van der Waals surface area contributed by atoms with Gasteiger partial charge in [0.15, 0.2) is 0 Å². The first-order valence-corrected chi connectivity index (χ1v) is 9.65. The van der Waals surface area contributed by atoms with Gasteiger partial charge in [-0.2, -0.15) is 0 Å². The van der Waals surface area contributed by atoms with Crippen molar-refractivity contribution in [3.05, 3.63) is 0 Å². The summed E-state index contributed by atoms with van der Waals surface area (Å²) < 4.78 is 6.60. The van der Waals surface area contributed by atoms with Crippen molar-refractivity contribution in [2.24, 2.45) is 28.1 Å². The second kappa shape index (κ2) is 4.74. The molecule has 23 heavy (non-hydrogen) atoms. The second-order valence-electron chi connectivity index (χ2n) is 10.3. The van der Waals surface area contributed by atoms with Gasteiger partial charge in [0, 0.05) is 5.41 Å². The average Bonchev–Trinajstić information content (AvgIpc) is 2.69. The summed E-state index contributed by atoms with van der Waals surface area (Å²) in [5.41, 5.74) is 0.306. The summed E-state index contributed by atoms with van der Waals surface area (Å²) in [4.78, 5) is 0. The third-order valence-electron chi connectivity index (χ3n) is 8.74. The summed E-state index contributed by atoms with van der Waals surface area (Å²) >= 11 is 0. The van der Waals surface area contributed by atoms with Crippen LogP contribution in [0.15, 0.2) is 0 Å². The van der Waals surface area contributed by atoms with E-state index in [2.05, 4.69) is 27.7 Å². The van der Waals surface area contributed by atoms with E-state index in [1.165, 1.54) is 0 Å². The predicted octanol–water partition coefficient (Wildman–Crippen LogP) is 3.52. The van der Waals surface area contributed by atoms with Crippen molar-refractivity contribution in [2.75, 3.05) is 6.61 Å². The highest BCUT2D eigenvalue weighted by atomic mass is 16.5. The average molecular weight is 322 g/mol. The molecule has 0 aromatic heterocycles. The maximum atomic E-state index is 11.0. The van der Waals surface area contributed by atoms with Crippen LogP contribution in [0.3, 0.4) is 0 Å². The SMILES string of the molecule is CC1(C)CCC(O)C2(C)C1CCC13CC(C)(CCC12)C(CO)O3. The van der Waals surface area contributed by atoms with Crippen LogP contribution in [0.5, 0.6) is 0 Å². The molecule has 1 aliphatic heterocycles. The van der Waals surface area contributed by atoms with Crippen LogP contribution in [-0.2, 0) is 4.74 Å². The maximum absolute atomic E-state index is 11.0. The molecule has 7 atom stereocenters. The molecule has 1 spiro atoms. The molecule has 3 aliphatic carbocycles. The Labute approximate surface area is 140 Å². The van der Waals surface area contributed by atoms with Gasteiger partial charge in [0.1, 0.15) is 0 Å². The van der Waals surface area contributed by atoms with Gasteiger partial charge in [-0.25, -0.2) is 0 Å². The monoisotopic (exact) mass is 322 g/mol. The number of aliphatic hydroxyl groups is 2. The summed E-state index contributed by atoms with van der Waals surface area (Å²) in [6.45, 7) is 9.60. The lowest BCUT2D eigenvalue weighted by molar-refractivity contribution is -0.229. The van der Waals surface area contributed by atoms with Crippen LogP contribution in [0.2, 0.25) is 0 Å². The first-order chi connectivity index (χ1) is 10.7. The molecule has 0 aromatic rings. The molecule has 3 saturated carbocycles. The molecule has 0 radical (unpaired) electrons. The molecule has 4 aliphatic rings. The van der Waals surface area contributed by atoms with Gasteiger partial charge in [0.05, 0.1) is 24.4 Å². The Hall–Kier alpha value is -0.120. The number of hydrogen-bond acceptors (Lipinski definition) is 3. The van der Waals surface area contributed by atoms with Gasteiger partial charge in [0.25, 0.3) is 0 Å². The van der Waals surface area contributed by atoms with E-state index in [0.29, 0.717) is 17.3 Å². The summed E-state index contributed by atoms with van der Waals surface area (Å²) in [5.74, 6) is 1.02. The Morgan fingerprint density at radius 3 is 2.35 bits per heavy atom. The quantitative estimate of drug-likeness (QED) is 0.776. The van der Waals surface area contributed by atoms with Gasteiger partial charge >= 0.3 is 0 Å². The van der Waals surface area contributed by atoms with Gasteiger partial charge < -0.3 is 14.9 Å². The highest BCUT2D eigenvalue weighted by Crippen LogP contribution is 2.70. The molecule has 3 nitrogen and oxygen atoms in total. The number of fused-ring (bicyclic) bond motifs is 3. The van der Waals surface area contributed by atoms with Crippen LogP contribution in [0.4, 0.5) is 0 Å². The fraction of sp³-hybridized carbons (Fsp3) is 1.00. The van der Waals surface area contributed by atoms with Crippen molar-refractivity contribution in [2.45, 2.75) is 90.4 Å². The zero-order valence-electron chi connectivity index (χ0n) is 15.3. The Bertz CT molecular complexity index is 503. The fourth-order valence-electron chi connectivity index (χ4n) is 7.55. The normalized spacial score (nSPS) is 57.7. The Morgan fingerprint density at radius 2 is 1.65 bits per heavy atom. The molecule has 2 N–H and O–H groups in total. The molecule has 0 amide bonds. The number of ether oxygens (including phenoxy) is 1.